The van der Waals surface area contributed by atoms with Gasteiger partial charge in [-0.3, -0.25) is 9.59 Å². The fourth-order valence-corrected chi connectivity index (χ4v) is 2.03. The van der Waals surface area contributed by atoms with Crippen LogP contribution in [0, 0.1) is 11.3 Å². The third kappa shape index (κ3) is 3.47. The molecule has 0 radical (unpaired) electrons. The van der Waals surface area contributed by atoms with E-state index in [9.17, 15) is 14.9 Å². The van der Waals surface area contributed by atoms with Crippen LogP contribution in [0.15, 0.2) is 23.0 Å². The van der Waals surface area contributed by atoms with Gasteiger partial charge in [-0.1, -0.05) is 11.6 Å². The smallest absolute Gasteiger partial charge is 0.258 e. The van der Waals surface area contributed by atoms with E-state index in [1.54, 1.807) is 6.07 Å². The van der Waals surface area contributed by atoms with E-state index < -0.39 is 17.3 Å². The number of aromatic nitrogens is 2. The summed E-state index contributed by atoms with van der Waals surface area (Å²) in [7, 11) is 0. The van der Waals surface area contributed by atoms with Crippen LogP contribution in [0.2, 0.25) is 5.02 Å². The SMILES string of the molecule is CC(=S)OCC(=O)C(C#N)c1nc2cc(Cl)ccc2c(=O)[nH]1. The van der Waals surface area contributed by atoms with Crippen LogP contribution < -0.4 is 5.56 Å². The Labute approximate surface area is 135 Å². The number of H-pyrrole nitrogens is 1. The quantitative estimate of drug-likeness (QED) is 0.860. The van der Waals surface area contributed by atoms with Crippen molar-refractivity contribution in [3.8, 4) is 6.07 Å². The molecule has 8 heteroatoms. The number of halogens is 1. The average Bonchev–Trinajstić information content (AvgIpc) is 2.45. The molecule has 1 aromatic carbocycles. The van der Waals surface area contributed by atoms with Crippen LogP contribution in [-0.2, 0) is 9.53 Å². The molecule has 0 fully saturated rings. The summed E-state index contributed by atoms with van der Waals surface area (Å²) in [6, 6.07) is 6.38. The lowest BCUT2D eigenvalue weighted by atomic mass is 10.1. The van der Waals surface area contributed by atoms with Crippen LogP contribution in [0.1, 0.15) is 18.7 Å². The Bertz CT molecular complexity index is 857. The number of carbonyl (C=O) groups is 1. The van der Waals surface area contributed by atoms with E-state index in [1.807, 2.05) is 6.07 Å². The van der Waals surface area contributed by atoms with E-state index in [1.165, 1.54) is 19.1 Å². The van der Waals surface area contributed by atoms with E-state index >= 15 is 0 Å². The first-order valence-corrected chi connectivity index (χ1v) is 6.96. The van der Waals surface area contributed by atoms with Crippen molar-refractivity contribution in [3.63, 3.8) is 0 Å². The van der Waals surface area contributed by atoms with Crippen molar-refractivity contribution in [3.05, 3.63) is 39.4 Å². The van der Waals surface area contributed by atoms with Gasteiger partial charge in [-0.15, -0.1) is 0 Å². The molecule has 0 aliphatic carbocycles. The summed E-state index contributed by atoms with van der Waals surface area (Å²) >= 11 is 10.6. The molecule has 0 aliphatic heterocycles. The molecule has 0 aliphatic rings. The number of fused-ring (bicyclic) bond motifs is 1. The number of Topliss-reactive ketones (excluding diaryl/α,β-unsaturated/α-hetero) is 1. The summed E-state index contributed by atoms with van der Waals surface area (Å²) in [6.45, 7) is 1.16. The summed E-state index contributed by atoms with van der Waals surface area (Å²) in [5.41, 5.74) is -0.136. The van der Waals surface area contributed by atoms with E-state index in [0.29, 0.717) is 15.9 Å². The Morgan fingerprint density at radius 1 is 1.59 bits per heavy atom. The molecule has 112 valence electrons. The number of nitrogens with one attached hydrogen (secondary N) is 1. The highest BCUT2D eigenvalue weighted by molar-refractivity contribution is 7.80. The third-order valence-electron chi connectivity index (χ3n) is 2.83. The zero-order valence-corrected chi connectivity index (χ0v) is 13.0. The van der Waals surface area contributed by atoms with Crippen LogP contribution >= 0.6 is 23.8 Å². The Balaban J connectivity index is 2.43. The highest BCUT2D eigenvalue weighted by atomic mass is 35.5. The van der Waals surface area contributed by atoms with Gasteiger partial charge in [0, 0.05) is 11.9 Å². The Morgan fingerprint density at radius 2 is 2.32 bits per heavy atom. The first-order chi connectivity index (χ1) is 10.4. The maximum atomic E-state index is 12.0. The number of hydrogen-bond acceptors (Lipinski definition) is 6. The number of hydrogen-bond donors (Lipinski definition) is 1. The number of nitrogens with zero attached hydrogens (tertiary/aromatic N) is 2. The van der Waals surface area contributed by atoms with Gasteiger partial charge >= 0.3 is 0 Å². The summed E-state index contributed by atoms with van der Waals surface area (Å²) in [4.78, 5) is 30.6. The van der Waals surface area contributed by atoms with Crippen LogP contribution in [0.25, 0.3) is 10.9 Å². The van der Waals surface area contributed by atoms with Crippen molar-refractivity contribution in [2.45, 2.75) is 12.8 Å². The van der Waals surface area contributed by atoms with Gasteiger partial charge in [-0.25, -0.2) is 4.98 Å². The molecule has 2 rings (SSSR count). The highest BCUT2D eigenvalue weighted by Crippen LogP contribution is 2.17. The van der Waals surface area contributed by atoms with Gasteiger partial charge in [-0.05, 0) is 30.4 Å². The zero-order valence-electron chi connectivity index (χ0n) is 11.4. The number of ketones is 1. The molecular formula is C14H10ClN3O3S. The van der Waals surface area contributed by atoms with Crippen molar-refractivity contribution in [1.29, 1.82) is 5.26 Å². The van der Waals surface area contributed by atoms with Gasteiger partial charge < -0.3 is 9.72 Å². The first kappa shape index (κ1) is 16.1. The summed E-state index contributed by atoms with van der Waals surface area (Å²) in [5.74, 6) is -1.83. The molecule has 0 saturated carbocycles. The maximum absolute atomic E-state index is 12.0. The van der Waals surface area contributed by atoms with E-state index in [0.717, 1.165) is 0 Å². The number of ether oxygens (including phenoxy) is 1. The van der Waals surface area contributed by atoms with Gasteiger partial charge in [0.25, 0.3) is 5.56 Å². The molecule has 0 saturated heterocycles. The predicted octanol–water partition coefficient (Wildman–Crippen LogP) is 2.12. The first-order valence-electron chi connectivity index (χ1n) is 6.17. The molecule has 1 aromatic heterocycles. The number of carbonyl (C=O) groups excluding carboxylic acids is 1. The van der Waals surface area contributed by atoms with Crippen molar-refractivity contribution in [2.75, 3.05) is 6.61 Å². The molecule has 6 nitrogen and oxygen atoms in total. The number of aromatic amines is 1. The monoisotopic (exact) mass is 335 g/mol. The lowest BCUT2D eigenvalue weighted by molar-refractivity contribution is -0.121. The van der Waals surface area contributed by atoms with Gasteiger partial charge in [-0.2, -0.15) is 5.26 Å². The van der Waals surface area contributed by atoms with Crippen LogP contribution in [0.4, 0.5) is 0 Å². The van der Waals surface area contributed by atoms with Gasteiger partial charge in [0.15, 0.2) is 16.8 Å². The second-order valence-electron chi connectivity index (χ2n) is 4.42. The summed E-state index contributed by atoms with van der Waals surface area (Å²) in [5, 5.41) is 10.1. The third-order valence-corrected chi connectivity index (χ3v) is 3.18. The molecule has 1 heterocycles. The van der Waals surface area contributed by atoms with Crippen LogP contribution in [0.3, 0.4) is 0 Å². The molecular weight excluding hydrogens is 326 g/mol. The minimum atomic E-state index is -1.24. The normalized spacial score (nSPS) is 11.7. The van der Waals surface area contributed by atoms with Crippen LogP contribution in [0.5, 0.6) is 0 Å². The number of rotatable bonds is 4. The van der Waals surface area contributed by atoms with Gasteiger partial charge in [0.1, 0.15) is 12.4 Å². The summed E-state index contributed by atoms with van der Waals surface area (Å²) < 4.78 is 4.93. The fourth-order valence-electron chi connectivity index (χ4n) is 1.81. The fraction of sp³-hybridized carbons (Fsp3) is 0.214. The lowest BCUT2D eigenvalue weighted by Gasteiger charge is -2.09. The standard InChI is InChI=1S/C14H10ClN3O3S/c1-7(22)21-6-12(19)10(5-16)13-17-11-4-8(15)2-3-9(11)14(20)18-13/h2-4,10H,6H2,1H3,(H,17,18,20). The molecule has 1 atom stereocenters. The lowest BCUT2D eigenvalue weighted by Crippen LogP contribution is -2.23. The number of nitriles is 1. The largest absolute Gasteiger partial charge is 0.480 e. The second-order valence-corrected chi connectivity index (χ2v) is 5.43. The Kier molecular flexibility index (Phi) is 4.85. The van der Waals surface area contributed by atoms with Crippen molar-refractivity contribution >= 4 is 45.6 Å². The molecule has 2 aromatic rings. The van der Waals surface area contributed by atoms with E-state index in [-0.39, 0.29) is 17.5 Å². The van der Waals surface area contributed by atoms with E-state index in [4.69, 9.17) is 28.6 Å². The topological polar surface area (TPSA) is 95.8 Å². The maximum Gasteiger partial charge on any atom is 0.258 e. The van der Waals surface area contributed by atoms with Gasteiger partial charge in [0.2, 0.25) is 0 Å². The minimum absolute atomic E-state index is 0.0436. The van der Waals surface area contributed by atoms with Crippen LogP contribution in [-0.4, -0.2) is 27.4 Å². The molecule has 0 amide bonds. The molecule has 0 spiro atoms. The Morgan fingerprint density at radius 3 is 2.95 bits per heavy atom. The average molecular weight is 336 g/mol. The van der Waals surface area contributed by atoms with E-state index in [2.05, 4.69) is 9.97 Å². The second kappa shape index (κ2) is 6.64. The molecule has 1 unspecified atom stereocenters. The molecule has 22 heavy (non-hydrogen) atoms. The molecule has 1 N–H and O–H groups in total. The zero-order chi connectivity index (χ0) is 16.3. The Hall–Kier alpha value is -2.30. The van der Waals surface area contributed by atoms with Gasteiger partial charge in [0.05, 0.1) is 17.0 Å². The van der Waals surface area contributed by atoms with Crippen molar-refractivity contribution in [1.82, 2.24) is 9.97 Å². The number of thiocarbonyl (C=S) groups is 1. The highest BCUT2D eigenvalue weighted by Gasteiger charge is 2.24. The van der Waals surface area contributed by atoms with Crippen molar-refractivity contribution in [2.24, 2.45) is 0 Å². The minimum Gasteiger partial charge on any atom is -0.480 e. The van der Waals surface area contributed by atoms with Crippen molar-refractivity contribution < 1.29 is 9.53 Å². The molecule has 0 bridgehead atoms. The number of benzene rings is 1. The summed E-state index contributed by atoms with van der Waals surface area (Å²) in [6.07, 6.45) is 0. The predicted molar refractivity (Wildman–Crippen MR) is 85.0 cm³/mol.